The van der Waals surface area contributed by atoms with Gasteiger partial charge in [-0.15, -0.1) is 0 Å². The zero-order chi connectivity index (χ0) is 10.3. The van der Waals surface area contributed by atoms with Gasteiger partial charge in [-0.2, -0.15) is 0 Å². The van der Waals surface area contributed by atoms with Crippen LogP contribution in [0.15, 0.2) is 0 Å². The second-order valence-corrected chi connectivity index (χ2v) is 6.07. The van der Waals surface area contributed by atoms with Crippen LogP contribution < -0.4 is 0 Å². The molecule has 1 nitrogen and oxygen atoms in total. The van der Waals surface area contributed by atoms with Gasteiger partial charge in [0.1, 0.15) is 0 Å². The van der Waals surface area contributed by atoms with Gasteiger partial charge >= 0.3 is 0 Å². The van der Waals surface area contributed by atoms with Crippen molar-refractivity contribution in [2.45, 2.75) is 53.0 Å². The lowest BCUT2D eigenvalue weighted by Gasteiger charge is -2.43. The van der Waals surface area contributed by atoms with E-state index in [2.05, 4.69) is 32.6 Å². The Kier molecular flexibility index (Phi) is 2.63. The van der Waals surface area contributed by atoms with E-state index in [0.29, 0.717) is 0 Å². The molecule has 2 fully saturated rings. The van der Waals surface area contributed by atoms with Gasteiger partial charge in [0.15, 0.2) is 0 Å². The molecular weight excluding hydrogens is 170 g/mol. The van der Waals surface area contributed by atoms with Gasteiger partial charge in [0, 0.05) is 12.6 Å². The van der Waals surface area contributed by atoms with Gasteiger partial charge in [-0.3, -0.25) is 0 Å². The van der Waals surface area contributed by atoms with Gasteiger partial charge in [0.2, 0.25) is 0 Å². The van der Waals surface area contributed by atoms with E-state index in [-0.39, 0.29) is 0 Å². The Hall–Kier alpha value is -0.0400. The highest BCUT2D eigenvalue weighted by atomic mass is 15.2. The van der Waals surface area contributed by atoms with E-state index in [1.807, 2.05) is 0 Å². The topological polar surface area (TPSA) is 3.24 Å². The minimum absolute atomic E-state index is 0.747. The third kappa shape index (κ3) is 1.71. The fraction of sp³-hybridized carbons (Fsp3) is 1.00. The number of hydrogen-bond acceptors (Lipinski definition) is 1. The van der Waals surface area contributed by atoms with Crippen LogP contribution in [0.1, 0.15) is 47.0 Å². The molecule has 1 aliphatic carbocycles. The summed E-state index contributed by atoms with van der Waals surface area (Å²) in [6.45, 7) is 12.2. The molecule has 2 aliphatic rings. The fourth-order valence-electron chi connectivity index (χ4n) is 3.38. The van der Waals surface area contributed by atoms with Gasteiger partial charge in [-0.25, -0.2) is 0 Å². The maximum atomic E-state index is 2.69. The standard InChI is InChI=1S/C13H25N/c1-10(2)12-5-8-14(11(3)4)9-13(12)6-7-13/h10-12H,5-9H2,1-4H3. The molecule has 1 atom stereocenters. The molecule has 1 spiro atoms. The summed E-state index contributed by atoms with van der Waals surface area (Å²) in [4.78, 5) is 2.69. The molecule has 1 unspecified atom stereocenters. The molecule has 1 saturated carbocycles. The monoisotopic (exact) mass is 195 g/mol. The highest BCUT2D eigenvalue weighted by molar-refractivity contribution is 5.04. The van der Waals surface area contributed by atoms with Crippen LogP contribution in [0, 0.1) is 17.3 Å². The van der Waals surface area contributed by atoms with Gasteiger partial charge in [-0.05, 0) is 56.9 Å². The Morgan fingerprint density at radius 2 is 1.79 bits per heavy atom. The third-order valence-corrected chi connectivity index (χ3v) is 4.46. The highest BCUT2D eigenvalue weighted by Crippen LogP contribution is 2.58. The molecule has 1 aliphatic heterocycles. The Bertz CT molecular complexity index is 203. The summed E-state index contributed by atoms with van der Waals surface area (Å²) in [7, 11) is 0. The summed E-state index contributed by atoms with van der Waals surface area (Å²) < 4.78 is 0. The summed E-state index contributed by atoms with van der Waals surface area (Å²) in [6.07, 6.45) is 4.44. The summed E-state index contributed by atoms with van der Waals surface area (Å²) in [5.41, 5.74) is 0.747. The molecule has 0 N–H and O–H groups in total. The molecule has 14 heavy (non-hydrogen) atoms. The second kappa shape index (κ2) is 3.52. The third-order valence-electron chi connectivity index (χ3n) is 4.46. The summed E-state index contributed by atoms with van der Waals surface area (Å²) >= 11 is 0. The molecule has 82 valence electrons. The Morgan fingerprint density at radius 1 is 1.14 bits per heavy atom. The zero-order valence-corrected chi connectivity index (χ0v) is 10.2. The summed E-state index contributed by atoms with van der Waals surface area (Å²) in [5.74, 6) is 1.91. The van der Waals surface area contributed by atoms with Crippen LogP contribution in [0.3, 0.4) is 0 Å². The van der Waals surface area contributed by atoms with E-state index in [0.717, 1.165) is 23.3 Å². The van der Waals surface area contributed by atoms with Crippen LogP contribution in [0.2, 0.25) is 0 Å². The first-order valence-electron chi connectivity index (χ1n) is 6.29. The van der Waals surface area contributed by atoms with Crippen molar-refractivity contribution in [3.05, 3.63) is 0 Å². The molecule has 1 saturated heterocycles. The van der Waals surface area contributed by atoms with Crippen LogP contribution in [0.4, 0.5) is 0 Å². The molecule has 0 aromatic carbocycles. The van der Waals surface area contributed by atoms with E-state index in [1.54, 1.807) is 0 Å². The molecule has 0 radical (unpaired) electrons. The van der Waals surface area contributed by atoms with Crippen molar-refractivity contribution in [1.82, 2.24) is 4.90 Å². The Morgan fingerprint density at radius 3 is 2.21 bits per heavy atom. The maximum Gasteiger partial charge on any atom is 0.00434 e. The molecule has 1 heteroatoms. The van der Waals surface area contributed by atoms with Crippen molar-refractivity contribution in [1.29, 1.82) is 0 Å². The van der Waals surface area contributed by atoms with E-state index in [9.17, 15) is 0 Å². The molecule has 0 aromatic heterocycles. The van der Waals surface area contributed by atoms with E-state index < -0.39 is 0 Å². The fourth-order valence-corrected chi connectivity index (χ4v) is 3.38. The normalized spacial score (nSPS) is 31.7. The van der Waals surface area contributed by atoms with E-state index in [1.165, 1.54) is 32.4 Å². The predicted octanol–water partition coefficient (Wildman–Crippen LogP) is 3.15. The SMILES string of the molecule is CC(C)C1CCN(C(C)C)CC12CC2. The minimum Gasteiger partial charge on any atom is -0.300 e. The van der Waals surface area contributed by atoms with Crippen molar-refractivity contribution >= 4 is 0 Å². The molecular formula is C13H25N. The van der Waals surface area contributed by atoms with Crippen molar-refractivity contribution in [2.24, 2.45) is 17.3 Å². The van der Waals surface area contributed by atoms with Crippen LogP contribution in [-0.2, 0) is 0 Å². The van der Waals surface area contributed by atoms with Gasteiger partial charge in [-0.1, -0.05) is 13.8 Å². The predicted molar refractivity (Wildman–Crippen MR) is 61.3 cm³/mol. The lowest BCUT2D eigenvalue weighted by atomic mass is 9.75. The summed E-state index contributed by atoms with van der Waals surface area (Å²) in [6, 6.07) is 0.751. The number of likely N-dealkylation sites (tertiary alicyclic amines) is 1. The quantitative estimate of drug-likeness (QED) is 0.654. The van der Waals surface area contributed by atoms with Crippen molar-refractivity contribution in [3.63, 3.8) is 0 Å². The van der Waals surface area contributed by atoms with Crippen molar-refractivity contribution in [2.75, 3.05) is 13.1 Å². The zero-order valence-electron chi connectivity index (χ0n) is 10.2. The minimum atomic E-state index is 0.747. The number of nitrogens with zero attached hydrogens (tertiary/aromatic N) is 1. The lowest BCUT2D eigenvalue weighted by molar-refractivity contribution is 0.0556. The van der Waals surface area contributed by atoms with Crippen molar-refractivity contribution in [3.8, 4) is 0 Å². The highest BCUT2D eigenvalue weighted by Gasteiger charge is 2.52. The first-order chi connectivity index (χ1) is 6.55. The molecule has 0 bridgehead atoms. The lowest BCUT2D eigenvalue weighted by Crippen LogP contribution is -2.46. The van der Waals surface area contributed by atoms with Crippen LogP contribution in [0.25, 0.3) is 0 Å². The Balaban J connectivity index is 2.02. The van der Waals surface area contributed by atoms with Crippen LogP contribution in [0.5, 0.6) is 0 Å². The number of hydrogen-bond donors (Lipinski definition) is 0. The maximum absolute atomic E-state index is 2.69. The molecule has 1 heterocycles. The smallest absolute Gasteiger partial charge is 0.00434 e. The second-order valence-electron chi connectivity index (χ2n) is 6.07. The van der Waals surface area contributed by atoms with E-state index >= 15 is 0 Å². The largest absolute Gasteiger partial charge is 0.300 e. The Labute approximate surface area is 88.9 Å². The van der Waals surface area contributed by atoms with Crippen LogP contribution in [-0.4, -0.2) is 24.0 Å². The average Bonchev–Trinajstić information content (AvgIpc) is 2.84. The molecule has 0 amide bonds. The first kappa shape index (κ1) is 10.5. The van der Waals surface area contributed by atoms with Gasteiger partial charge in [0.25, 0.3) is 0 Å². The first-order valence-corrected chi connectivity index (χ1v) is 6.29. The number of piperidine rings is 1. The van der Waals surface area contributed by atoms with Crippen LogP contribution >= 0.6 is 0 Å². The van der Waals surface area contributed by atoms with E-state index in [4.69, 9.17) is 0 Å². The molecule has 0 aromatic rings. The number of rotatable bonds is 2. The van der Waals surface area contributed by atoms with Gasteiger partial charge < -0.3 is 4.90 Å². The average molecular weight is 195 g/mol. The van der Waals surface area contributed by atoms with Gasteiger partial charge in [0.05, 0.1) is 0 Å². The van der Waals surface area contributed by atoms with Crippen molar-refractivity contribution < 1.29 is 0 Å². The summed E-state index contributed by atoms with van der Waals surface area (Å²) in [5, 5.41) is 0. The molecule has 2 rings (SSSR count).